The first-order chi connectivity index (χ1) is 7.35. The van der Waals surface area contributed by atoms with Gasteiger partial charge in [-0.15, -0.1) is 13.2 Å². The van der Waals surface area contributed by atoms with Crippen LogP contribution in [0.4, 0.5) is 13.2 Å². The first kappa shape index (κ1) is 12.8. The predicted molar refractivity (Wildman–Crippen MR) is 52.9 cm³/mol. The number of carbonyl (C=O) groups is 1. The van der Waals surface area contributed by atoms with Gasteiger partial charge >= 0.3 is 6.36 Å². The lowest BCUT2D eigenvalue weighted by molar-refractivity contribution is -0.275. The summed E-state index contributed by atoms with van der Waals surface area (Å²) in [6, 6.07) is 3.33. The van der Waals surface area contributed by atoms with Crippen molar-refractivity contribution in [1.82, 2.24) is 0 Å². The Kier molecular flexibility index (Phi) is 3.79. The highest BCUT2D eigenvalue weighted by molar-refractivity contribution is 9.09. The van der Waals surface area contributed by atoms with E-state index in [2.05, 4.69) is 20.7 Å². The fourth-order valence-corrected chi connectivity index (χ4v) is 1.33. The predicted octanol–water partition coefficient (Wildman–Crippen LogP) is 2.87. The summed E-state index contributed by atoms with van der Waals surface area (Å²) in [4.78, 5) is 11.2. The summed E-state index contributed by atoms with van der Waals surface area (Å²) in [5.74, 6) is -2.14. The van der Waals surface area contributed by atoms with Gasteiger partial charge in [0.05, 0.1) is 10.9 Å². The van der Waals surface area contributed by atoms with Gasteiger partial charge in [0.2, 0.25) is 0 Å². The second-order valence-corrected chi connectivity index (χ2v) is 3.32. The van der Waals surface area contributed by atoms with Crippen molar-refractivity contribution in [3.63, 3.8) is 0 Å². The highest BCUT2D eigenvalue weighted by Crippen LogP contribution is 2.34. The molecule has 0 atom stereocenters. The summed E-state index contributed by atoms with van der Waals surface area (Å²) in [5.41, 5.74) is -0.223. The lowest BCUT2D eigenvalue weighted by Gasteiger charge is -2.11. The van der Waals surface area contributed by atoms with Crippen LogP contribution in [0.15, 0.2) is 18.2 Å². The topological polar surface area (TPSA) is 46.5 Å². The molecule has 16 heavy (non-hydrogen) atoms. The van der Waals surface area contributed by atoms with Crippen LogP contribution in [0.1, 0.15) is 10.4 Å². The molecule has 7 heteroatoms. The third kappa shape index (κ3) is 3.13. The van der Waals surface area contributed by atoms with Gasteiger partial charge < -0.3 is 9.84 Å². The van der Waals surface area contributed by atoms with Gasteiger partial charge in [-0.05, 0) is 12.1 Å². The second kappa shape index (κ2) is 4.73. The third-order valence-electron chi connectivity index (χ3n) is 1.65. The maximum absolute atomic E-state index is 11.9. The molecule has 0 aliphatic rings. The zero-order valence-corrected chi connectivity index (χ0v) is 9.30. The van der Waals surface area contributed by atoms with Crippen LogP contribution < -0.4 is 4.74 Å². The maximum atomic E-state index is 11.9. The normalized spacial score (nSPS) is 11.2. The average molecular weight is 299 g/mol. The molecule has 0 aliphatic carbocycles. The third-order valence-corrected chi connectivity index (χ3v) is 2.16. The zero-order chi connectivity index (χ0) is 12.3. The molecule has 0 heterocycles. The number of ketones is 1. The number of Topliss-reactive ketones (excluding diaryl/α,β-unsaturated/α-hetero) is 1. The number of ether oxygens (including phenoxy) is 1. The largest absolute Gasteiger partial charge is 0.573 e. The smallest absolute Gasteiger partial charge is 0.504 e. The Labute approximate surface area is 97.0 Å². The van der Waals surface area contributed by atoms with Gasteiger partial charge in [-0.25, -0.2) is 0 Å². The van der Waals surface area contributed by atoms with Gasteiger partial charge in [0.15, 0.2) is 17.3 Å². The van der Waals surface area contributed by atoms with E-state index in [1.54, 1.807) is 0 Å². The number of alkyl halides is 4. The molecule has 0 unspecified atom stereocenters. The minimum absolute atomic E-state index is 0.101. The van der Waals surface area contributed by atoms with E-state index in [-0.39, 0.29) is 10.9 Å². The monoisotopic (exact) mass is 298 g/mol. The molecule has 1 aromatic rings. The molecule has 0 aliphatic heterocycles. The van der Waals surface area contributed by atoms with Crippen molar-refractivity contribution in [3.05, 3.63) is 23.8 Å². The number of aromatic hydroxyl groups is 1. The van der Waals surface area contributed by atoms with Crippen molar-refractivity contribution in [3.8, 4) is 11.5 Å². The summed E-state index contributed by atoms with van der Waals surface area (Å²) in [6.07, 6.45) is -4.91. The van der Waals surface area contributed by atoms with E-state index in [1.165, 1.54) is 12.1 Å². The van der Waals surface area contributed by atoms with Crippen molar-refractivity contribution < 1.29 is 27.8 Å². The molecule has 0 fully saturated rings. The molecular weight excluding hydrogens is 293 g/mol. The van der Waals surface area contributed by atoms with Crippen molar-refractivity contribution >= 4 is 21.7 Å². The van der Waals surface area contributed by atoms with Crippen LogP contribution >= 0.6 is 15.9 Å². The summed E-state index contributed by atoms with van der Waals surface area (Å²) in [5, 5.41) is 9.29. The zero-order valence-electron chi connectivity index (χ0n) is 7.71. The van der Waals surface area contributed by atoms with E-state index < -0.39 is 23.6 Å². The number of carbonyl (C=O) groups excluding carboxylic acids is 1. The molecule has 1 rings (SSSR count). The summed E-state index contributed by atoms with van der Waals surface area (Å²) < 4.78 is 39.3. The van der Waals surface area contributed by atoms with Crippen LogP contribution in [0.5, 0.6) is 11.5 Å². The Hall–Kier alpha value is -1.24. The van der Waals surface area contributed by atoms with Crippen molar-refractivity contribution in [2.75, 3.05) is 5.33 Å². The van der Waals surface area contributed by atoms with Crippen molar-refractivity contribution in [1.29, 1.82) is 0 Å². The number of rotatable bonds is 3. The van der Waals surface area contributed by atoms with Gasteiger partial charge in [0, 0.05) is 0 Å². The fraction of sp³-hybridized carbons (Fsp3) is 0.222. The maximum Gasteiger partial charge on any atom is 0.573 e. The van der Waals surface area contributed by atoms with E-state index >= 15 is 0 Å². The Morgan fingerprint density at radius 2 is 2.06 bits per heavy atom. The van der Waals surface area contributed by atoms with Gasteiger partial charge in [0.1, 0.15) is 0 Å². The Balaban J connectivity index is 3.09. The first-order valence-electron chi connectivity index (χ1n) is 4.02. The quantitative estimate of drug-likeness (QED) is 0.689. The summed E-state index contributed by atoms with van der Waals surface area (Å²) in [6.45, 7) is 0. The van der Waals surface area contributed by atoms with Gasteiger partial charge in [-0.2, -0.15) is 0 Å². The number of benzene rings is 1. The van der Waals surface area contributed by atoms with E-state index in [4.69, 9.17) is 0 Å². The fourth-order valence-electron chi connectivity index (χ4n) is 1.03. The van der Waals surface area contributed by atoms with Crippen LogP contribution in [0.2, 0.25) is 0 Å². The van der Waals surface area contributed by atoms with Crippen LogP contribution in [0, 0.1) is 0 Å². The van der Waals surface area contributed by atoms with E-state index in [0.29, 0.717) is 0 Å². The molecule has 0 aromatic heterocycles. The highest BCUT2D eigenvalue weighted by Gasteiger charge is 2.32. The first-order valence-corrected chi connectivity index (χ1v) is 5.14. The standard InChI is InChI=1S/C9H6BrF3O3/c10-4-6(14)5-2-1-3-7(8(5)15)16-9(11,12)13/h1-3,15H,4H2. The Bertz CT molecular complexity index is 403. The molecule has 0 saturated heterocycles. The van der Waals surface area contributed by atoms with E-state index in [1.807, 2.05) is 0 Å². The molecule has 1 aromatic carbocycles. The number of hydrogen-bond acceptors (Lipinski definition) is 3. The number of phenols is 1. The summed E-state index contributed by atoms with van der Waals surface area (Å²) >= 11 is 2.85. The SMILES string of the molecule is O=C(CBr)c1cccc(OC(F)(F)F)c1O. The molecule has 0 spiro atoms. The second-order valence-electron chi connectivity index (χ2n) is 2.76. The minimum atomic E-state index is -4.91. The minimum Gasteiger partial charge on any atom is -0.504 e. The number of para-hydroxylation sites is 1. The number of hydrogen-bond donors (Lipinski definition) is 1. The van der Waals surface area contributed by atoms with Crippen LogP contribution in [0.3, 0.4) is 0 Å². The highest BCUT2D eigenvalue weighted by atomic mass is 79.9. The van der Waals surface area contributed by atoms with Crippen molar-refractivity contribution in [2.45, 2.75) is 6.36 Å². The molecule has 0 radical (unpaired) electrons. The van der Waals surface area contributed by atoms with Gasteiger partial charge in [0.25, 0.3) is 0 Å². The molecule has 88 valence electrons. The van der Waals surface area contributed by atoms with E-state index in [0.717, 1.165) is 6.07 Å². The van der Waals surface area contributed by atoms with Crippen LogP contribution in [0.25, 0.3) is 0 Å². The summed E-state index contributed by atoms with van der Waals surface area (Å²) in [7, 11) is 0. The number of phenolic OH excluding ortho intramolecular Hbond substituents is 1. The van der Waals surface area contributed by atoms with Crippen molar-refractivity contribution in [2.24, 2.45) is 0 Å². The lowest BCUT2D eigenvalue weighted by Crippen LogP contribution is -2.17. The molecule has 3 nitrogen and oxygen atoms in total. The Morgan fingerprint density at radius 3 is 2.56 bits per heavy atom. The molecular formula is C9H6BrF3O3. The molecule has 0 saturated carbocycles. The van der Waals surface area contributed by atoms with Crippen LogP contribution in [-0.4, -0.2) is 22.6 Å². The number of halogens is 4. The lowest BCUT2D eigenvalue weighted by atomic mass is 10.1. The average Bonchev–Trinajstić information content (AvgIpc) is 2.18. The molecule has 0 bridgehead atoms. The molecule has 0 amide bonds. The van der Waals surface area contributed by atoms with E-state index in [9.17, 15) is 23.1 Å². The van der Waals surface area contributed by atoms with Crippen LogP contribution in [-0.2, 0) is 0 Å². The molecule has 1 N–H and O–H groups in total. The van der Waals surface area contributed by atoms with Gasteiger partial charge in [-0.1, -0.05) is 22.0 Å². The Morgan fingerprint density at radius 1 is 1.44 bits per heavy atom. The van der Waals surface area contributed by atoms with Gasteiger partial charge in [-0.3, -0.25) is 4.79 Å².